The molecule has 0 atom stereocenters. The molecule has 0 spiro atoms. The molecule has 100 valence electrons. The van der Waals surface area contributed by atoms with Crippen LogP contribution in [0.25, 0.3) is 11.4 Å². The predicted molar refractivity (Wildman–Crippen MR) is 67.0 cm³/mol. The average Bonchev–Trinajstić information content (AvgIpc) is 2.75. The van der Waals surface area contributed by atoms with Crippen LogP contribution in [0, 0.1) is 0 Å². The Morgan fingerprint density at radius 2 is 1.89 bits per heavy atom. The van der Waals surface area contributed by atoms with Gasteiger partial charge in [-0.1, -0.05) is 45.0 Å². The number of aliphatic carboxylic acids is 1. The van der Waals surface area contributed by atoms with Crippen molar-refractivity contribution in [3.63, 3.8) is 0 Å². The van der Waals surface area contributed by atoms with E-state index >= 15 is 0 Å². The van der Waals surface area contributed by atoms with E-state index in [-0.39, 0.29) is 12.0 Å². The van der Waals surface area contributed by atoms with Gasteiger partial charge in [0.05, 0.1) is 12.5 Å². The molecular weight excluding hydrogens is 244 g/mol. The van der Waals surface area contributed by atoms with Crippen LogP contribution in [0.15, 0.2) is 24.3 Å². The Morgan fingerprint density at radius 3 is 2.42 bits per heavy atom. The van der Waals surface area contributed by atoms with Gasteiger partial charge in [0.25, 0.3) is 0 Å². The molecule has 0 aliphatic rings. The first-order chi connectivity index (χ1) is 8.88. The summed E-state index contributed by atoms with van der Waals surface area (Å²) in [7, 11) is 0. The average molecular weight is 259 g/mol. The van der Waals surface area contributed by atoms with E-state index in [4.69, 9.17) is 0 Å². The molecule has 0 aliphatic heterocycles. The molecule has 0 saturated carbocycles. The van der Waals surface area contributed by atoms with Crippen LogP contribution in [0.2, 0.25) is 0 Å². The molecule has 19 heavy (non-hydrogen) atoms. The monoisotopic (exact) mass is 259 g/mol. The third kappa shape index (κ3) is 2.96. The summed E-state index contributed by atoms with van der Waals surface area (Å²) < 4.78 is 1.21. The fourth-order valence-corrected chi connectivity index (χ4v) is 1.76. The second kappa shape index (κ2) is 4.79. The van der Waals surface area contributed by atoms with E-state index in [0.717, 1.165) is 5.56 Å². The van der Waals surface area contributed by atoms with Crippen molar-refractivity contribution in [3.8, 4) is 11.4 Å². The number of carboxylic acids is 1. The Balaban J connectivity index is 2.33. The molecule has 6 heteroatoms. The van der Waals surface area contributed by atoms with Gasteiger partial charge in [0.2, 0.25) is 0 Å². The number of rotatable bonds is 3. The van der Waals surface area contributed by atoms with Crippen molar-refractivity contribution in [3.05, 3.63) is 29.8 Å². The summed E-state index contributed by atoms with van der Waals surface area (Å²) in [6, 6.07) is 7.76. The largest absolute Gasteiger partial charge is 0.548 e. The zero-order valence-electron chi connectivity index (χ0n) is 11.1. The molecule has 0 fully saturated rings. The molecule has 0 radical (unpaired) electrons. The number of carbonyl (C=O) groups is 1. The van der Waals surface area contributed by atoms with Gasteiger partial charge in [-0.25, -0.2) is 4.68 Å². The van der Waals surface area contributed by atoms with E-state index in [1.165, 1.54) is 10.2 Å². The van der Waals surface area contributed by atoms with Gasteiger partial charge in [-0.05, 0) is 21.4 Å². The van der Waals surface area contributed by atoms with E-state index in [1.807, 2.05) is 24.3 Å². The molecule has 0 aliphatic carbocycles. The summed E-state index contributed by atoms with van der Waals surface area (Å²) in [5.41, 5.74) is 2.03. The quantitative estimate of drug-likeness (QED) is 0.796. The van der Waals surface area contributed by atoms with Gasteiger partial charge in [-0.2, -0.15) is 0 Å². The normalized spacial score (nSPS) is 11.5. The lowest BCUT2D eigenvalue weighted by Crippen LogP contribution is -2.28. The minimum atomic E-state index is -1.22. The minimum absolute atomic E-state index is 0.0649. The number of carbonyl (C=O) groups excluding carboxylic acids is 1. The van der Waals surface area contributed by atoms with Crippen molar-refractivity contribution in [1.82, 2.24) is 20.2 Å². The van der Waals surface area contributed by atoms with Crippen LogP contribution in [0.4, 0.5) is 0 Å². The molecule has 2 rings (SSSR count). The number of hydrogen-bond donors (Lipinski definition) is 0. The van der Waals surface area contributed by atoms with Gasteiger partial charge in [-0.15, -0.1) is 5.10 Å². The summed E-state index contributed by atoms with van der Waals surface area (Å²) in [5.74, 6) is -0.801. The van der Waals surface area contributed by atoms with Gasteiger partial charge in [0.15, 0.2) is 5.82 Å². The zero-order valence-corrected chi connectivity index (χ0v) is 11.1. The number of aromatic nitrogens is 4. The number of nitrogens with zero attached hydrogens (tertiary/aromatic N) is 4. The highest BCUT2D eigenvalue weighted by molar-refractivity contribution is 5.65. The summed E-state index contributed by atoms with van der Waals surface area (Å²) >= 11 is 0. The third-order valence-electron chi connectivity index (χ3n) is 2.82. The van der Waals surface area contributed by atoms with Crippen LogP contribution in [0.1, 0.15) is 26.3 Å². The van der Waals surface area contributed by atoms with Crippen LogP contribution >= 0.6 is 0 Å². The lowest BCUT2D eigenvalue weighted by Gasteiger charge is -2.19. The summed E-state index contributed by atoms with van der Waals surface area (Å²) in [6.45, 7) is 6.02. The van der Waals surface area contributed by atoms with Crippen molar-refractivity contribution < 1.29 is 9.90 Å². The second-order valence-corrected chi connectivity index (χ2v) is 5.36. The third-order valence-corrected chi connectivity index (χ3v) is 2.82. The van der Waals surface area contributed by atoms with Crippen LogP contribution in [0.5, 0.6) is 0 Å². The zero-order chi connectivity index (χ0) is 14.0. The Kier molecular flexibility index (Phi) is 3.33. The lowest BCUT2D eigenvalue weighted by molar-refractivity contribution is -0.306. The molecule has 2 aromatic rings. The predicted octanol–water partition coefficient (Wildman–Crippen LogP) is 0.387. The van der Waals surface area contributed by atoms with Crippen molar-refractivity contribution >= 4 is 5.97 Å². The standard InChI is InChI=1S/C13H16N4O2/c1-13(2,3)10-6-4-9(5-7-10)12-14-15-16-17(12)8-11(18)19/h4-7H,8H2,1-3H3,(H,18,19)/p-1. The van der Waals surface area contributed by atoms with Crippen LogP contribution in [0.3, 0.4) is 0 Å². The molecule has 1 aromatic heterocycles. The summed E-state index contributed by atoms with van der Waals surface area (Å²) in [6.07, 6.45) is 0. The highest BCUT2D eigenvalue weighted by Gasteiger charge is 2.14. The maximum atomic E-state index is 10.6. The fraction of sp³-hybridized carbons (Fsp3) is 0.385. The number of carboxylic acid groups (broad SMARTS) is 1. The minimum Gasteiger partial charge on any atom is -0.548 e. The first kappa shape index (κ1) is 13.2. The van der Waals surface area contributed by atoms with E-state index < -0.39 is 5.97 Å². The number of benzene rings is 1. The maximum absolute atomic E-state index is 10.6. The molecule has 0 saturated heterocycles. The topological polar surface area (TPSA) is 83.7 Å². The molecule has 1 heterocycles. The van der Waals surface area contributed by atoms with Gasteiger partial charge < -0.3 is 9.90 Å². The van der Waals surface area contributed by atoms with Crippen molar-refractivity contribution in [2.75, 3.05) is 0 Å². The van der Waals surface area contributed by atoms with Crippen LogP contribution in [-0.4, -0.2) is 26.2 Å². The molecule has 6 nitrogen and oxygen atoms in total. The molecular formula is C13H15N4O2-. The second-order valence-electron chi connectivity index (χ2n) is 5.36. The molecule has 1 aromatic carbocycles. The fourth-order valence-electron chi connectivity index (χ4n) is 1.76. The van der Waals surface area contributed by atoms with Crippen LogP contribution < -0.4 is 5.11 Å². The maximum Gasteiger partial charge on any atom is 0.182 e. The molecule has 0 amide bonds. The van der Waals surface area contributed by atoms with E-state index in [2.05, 4.69) is 36.3 Å². The Morgan fingerprint density at radius 1 is 1.26 bits per heavy atom. The smallest absolute Gasteiger partial charge is 0.182 e. The highest BCUT2D eigenvalue weighted by atomic mass is 16.4. The van der Waals surface area contributed by atoms with Gasteiger partial charge in [-0.3, -0.25) is 0 Å². The number of tetrazole rings is 1. The van der Waals surface area contributed by atoms with Crippen LogP contribution in [-0.2, 0) is 16.8 Å². The van der Waals surface area contributed by atoms with Crippen molar-refractivity contribution in [2.45, 2.75) is 32.7 Å². The summed E-state index contributed by atoms with van der Waals surface area (Å²) in [5, 5.41) is 21.6. The SMILES string of the molecule is CC(C)(C)c1ccc(-c2nnnn2CC(=O)[O-])cc1. The Bertz CT molecular complexity index is 581. The Labute approximate surface area is 111 Å². The summed E-state index contributed by atoms with van der Waals surface area (Å²) in [4.78, 5) is 10.6. The van der Waals surface area contributed by atoms with Gasteiger partial charge >= 0.3 is 0 Å². The molecule has 0 bridgehead atoms. The van der Waals surface area contributed by atoms with E-state index in [0.29, 0.717) is 5.82 Å². The Hall–Kier alpha value is -2.24. The number of hydrogen-bond acceptors (Lipinski definition) is 5. The van der Waals surface area contributed by atoms with E-state index in [1.54, 1.807) is 0 Å². The van der Waals surface area contributed by atoms with Gasteiger partial charge in [0.1, 0.15) is 0 Å². The molecule has 0 N–H and O–H groups in total. The first-order valence-electron chi connectivity index (χ1n) is 5.95. The van der Waals surface area contributed by atoms with E-state index in [9.17, 15) is 9.90 Å². The van der Waals surface area contributed by atoms with Crippen molar-refractivity contribution in [2.24, 2.45) is 0 Å². The highest BCUT2D eigenvalue weighted by Crippen LogP contribution is 2.24. The lowest BCUT2D eigenvalue weighted by atomic mass is 9.87. The van der Waals surface area contributed by atoms with Crippen molar-refractivity contribution in [1.29, 1.82) is 0 Å². The van der Waals surface area contributed by atoms with Gasteiger partial charge in [0, 0.05) is 5.56 Å². The molecule has 0 unspecified atom stereocenters. The first-order valence-corrected chi connectivity index (χ1v) is 5.95.